The molecule has 1 N–H and O–H groups in total. The molecular weight excluding hydrogens is 372 g/mol. The van der Waals surface area contributed by atoms with Gasteiger partial charge in [0.1, 0.15) is 0 Å². The minimum absolute atomic E-state index is 0.0624. The molecule has 1 aliphatic carbocycles. The average molecular weight is 401 g/mol. The SMILES string of the molecule is Cc1ccc(N(Cc2ccc(C(=O)NC3CCCC3)cc2)S(C)(=O)=O)cc1C. The van der Waals surface area contributed by atoms with Gasteiger partial charge < -0.3 is 5.32 Å². The minimum Gasteiger partial charge on any atom is -0.349 e. The molecule has 28 heavy (non-hydrogen) atoms. The van der Waals surface area contributed by atoms with Gasteiger partial charge in [0.15, 0.2) is 0 Å². The molecule has 150 valence electrons. The summed E-state index contributed by atoms with van der Waals surface area (Å²) in [5.74, 6) is -0.0624. The third-order valence-electron chi connectivity index (χ3n) is 5.41. The second kappa shape index (κ2) is 8.35. The highest BCUT2D eigenvalue weighted by Crippen LogP contribution is 2.24. The Labute approximate surface area is 167 Å². The van der Waals surface area contributed by atoms with Gasteiger partial charge in [-0.3, -0.25) is 9.10 Å². The molecule has 0 bridgehead atoms. The van der Waals surface area contributed by atoms with E-state index < -0.39 is 10.0 Å². The second-order valence-electron chi connectivity index (χ2n) is 7.69. The van der Waals surface area contributed by atoms with Gasteiger partial charge in [-0.2, -0.15) is 0 Å². The maximum absolute atomic E-state index is 12.4. The number of rotatable bonds is 6. The molecular formula is C22H28N2O3S. The highest BCUT2D eigenvalue weighted by molar-refractivity contribution is 7.92. The standard InChI is InChI=1S/C22H28N2O3S/c1-16-8-13-21(14-17(16)2)24(28(3,26)27)15-18-9-11-19(12-10-18)22(25)23-20-6-4-5-7-20/h8-14,20H,4-7,15H2,1-3H3,(H,23,25). The van der Waals surface area contributed by atoms with Crippen molar-refractivity contribution in [2.45, 2.75) is 52.1 Å². The number of benzene rings is 2. The summed E-state index contributed by atoms with van der Waals surface area (Å²) in [5.41, 5.74) is 4.25. The monoisotopic (exact) mass is 400 g/mol. The van der Waals surface area contributed by atoms with E-state index in [1.807, 2.05) is 44.2 Å². The topological polar surface area (TPSA) is 66.5 Å². The van der Waals surface area contributed by atoms with Crippen molar-refractivity contribution in [1.29, 1.82) is 0 Å². The van der Waals surface area contributed by atoms with Gasteiger partial charge in [0.2, 0.25) is 10.0 Å². The van der Waals surface area contributed by atoms with E-state index >= 15 is 0 Å². The number of amides is 1. The maximum atomic E-state index is 12.4. The van der Waals surface area contributed by atoms with E-state index in [1.165, 1.54) is 23.4 Å². The van der Waals surface area contributed by atoms with Crippen molar-refractivity contribution in [3.63, 3.8) is 0 Å². The van der Waals surface area contributed by atoms with Crippen LogP contribution in [0.5, 0.6) is 0 Å². The van der Waals surface area contributed by atoms with E-state index in [1.54, 1.807) is 12.1 Å². The lowest BCUT2D eigenvalue weighted by Gasteiger charge is -2.23. The van der Waals surface area contributed by atoms with Crippen LogP contribution in [0.15, 0.2) is 42.5 Å². The largest absolute Gasteiger partial charge is 0.349 e. The molecule has 0 aliphatic heterocycles. The molecule has 6 heteroatoms. The average Bonchev–Trinajstić information content (AvgIpc) is 3.14. The van der Waals surface area contributed by atoms with E-state index in [4.69, 9.17) is 0 Å². The van der Waals surface area contributed by atoms with Crippen LogP contribution < -0.4 is 9.62 Å². The zero-order valence-corrected chi connectivity index (χ0v) is 17.6. The quantitative estimate of drug-likeness (QED) is 0.799. The van der Waals surface area contributed by atoms with Crippen LogP contribution in [0.25, 0.3) is 0 Å². The highest BCUT2D eigenvalue weighted by atomic mass is 32.2. The molecule has 3 rings (SSSR count). The van der Waals surface area contributed by atoms with Gasteiger partial charge in [-0.05, 0) is 67.6 Å². The van der Waals surface area contributed by atoms with Crippen molar-refractivity contribution >= 4 is 21.6 Å². The number of nitrogens with zero attached hydrogens (tertiary/aromatic N) is 1. The number of nitrogens with one attached hydrogen (secondary N) is 1. The molecule has 1 amide bonds. The second-order valence-corrected chi connectivity index (χ2v) is 9.60. The zero-order chi connectivity index (χ0) is 20.3. The van der Waals surface area contributed by atoms with Crippen molar-refractivity contribution in [3.8, 4) is 0 Å². The fraction of sp³-hybridized carbons (Fsp3) is 0.409. The number of hydrogen-bond acceptors (Lipinski definition) is 3. The summed E-state index contributed by atoms with van der Waals surface area (Å²) in [6.07, 6.45) is 5.64. The van der Waals surface area contributed by atoms with Gasteiger partial charge in [-0.1, -0.05) is 31.0 Å². The van der Waals surface area contributed by atoms with Crippen LogP contribution in [-0.4, -0.2) is 26.6 Å². The lowest BCUT2D eigenvalue weighted by molar-refractivity contribution is 0.0938. The maximum Gasteiger partial charge on any atom is 0.251 e. The van der Waals surface area contributed by atoms with Crippen molar-refractivity contribution < 1.29 is 13.2 Å². The first-order valence-electron chi connectivity index (χ1n) is 9.69. The number of carbonyl (C=O) groups excluding carboxylic acids is 1. The summed E-state index contributed by atoms with van der Waals surface area (Å²) in [7, 11) is -3.43. The molecule has 1 saturated carbocycles. The summed E-state index contributed by atoms with van der Waals surface area (Å²) >= 11 is 0. The Morgan fingerprint density at radius 3 is 2.25 bits per heavy atom. The smallest absolute Gasteiger partial charge is 0.251 e. The number of aryl methyl sites for hydroxylation is 2. The zero-order valence-electron chi connectivity index (χ0n) is 16.7. The fourth-order valence-corrected chi connectivity index (χ4v) is 4.43. The Morgan fingerprint density at radius 2 is 1.68 bits per heavy atom. The van der Waals surface area contributed by atoms with Crippen LogP contribution in [-0.2, 0) is 16.6 Å². The summed E-state index contributed by atoms with van der Waals surface area (Å²) in [6.45, 7) is 4.20. The van der Waals surface area contributed by atoms with Gasteiger partial charge >= 0.3 is 0 Å². The molecule has 0 aromatic heterocycles. The van der Waals surface area contributed by atoms with Gasteiger partial charge in [-0.25, -0.2) is 8.42 Å². The summed E-state index contributed by atoms with van der Waals surface area (Å²) in [5, 5.41) is 3.07. The Kier molecular flexibility index (Phi) is 6.08. The first kappa shape index (κ1) is 20.4. The number of anilines is 1. The molecule has 0 unspecified atom stereocenters. The van der Waals surface area contributed by atoms with E-state index in [9.17, 15) is 13.2 Å². The van der Waals surface area contributed by atoms with Crippen LogP contribution in [0.1, 0.15) is 52.7 Å². The molecule has 5 nitrogen and oxygen atoms in total. The molecule has 2 aromatic rings. The van der Waals surface area contributed by atoms with Crippen LogP contribution in [0.4, 0.5) is 5.69 Å². The van der Waals surface area contributed by atoms with E-state index in [0.717, 1.165) is 29.5 Å². The minimum atomic E-state index is -3.43. The van der Waals surface area contributed by atoms with Crippen molar-refractivity contribution in [1.82, 2.24) is 5.32 Å². The Morgan fingerprint density at radius 1 is 1.04 bits per heavy atom. The third-order valence-corrected chi connectivity index (χ3v) is 6.55. The summed E-state index contributed by atoms with van der Waals surface area (Å²) < 4.78 is 26.1. The lowest BCUT2D eigenvalue weighted by Crippen LogP contribution is -2.32. The van der Waals surface area contributed by atoms with Crippen molar-refractivity contribution in [2.24, 2.45) is 0 Å². The Hall–Kier alpha value is -2.34. The molecule has 0 heterocycles. The van der Waals surface area contributed by atoms with E-state index in [-0.39, 0.29) is 18.5 Å². The van der Waals surface area contributed by atoms with Crippen LogP contribution in [0, 0.1) is 13.8 Å². The van der Waals surface area contributed by atoms with Crippen molar-refractivity contribution in [2.75, 3.05) is 10.6 Å². The van der Waals surface area contributed by atoms with E-state index in [0.29, 0.717) is 11.3 Å². The molecule has 1 fully saturated rings. The predicted molar refractivity (Wildman–Crippen MR) is 113 cm³/mol. The van der Waals surface area contributed by atoms with Gasteiger partial charge in [-0.15, -0.1) is 0 Å². The first-order chi connectivity index (χ1) is 13.2. The predicted octanol–water partition coefficient (Wildman–Crippen LogP) is 3.94. The third kappa shape index (κ3) is 4.93. The lowest BCUT2D eigenvalue weighted by atomic mass is 10.1. The highest BCUT2D eigenvalue weighted by Gasteiger charge is 2.20. The number of carbonyl (C=O) groups is 1. The van der Waals surface area contributed by atoms with Crippen LogP contribution in [0.2, 0.25) is 0 Å². The number of sulfonamides is 1. The molecule has 0 saturated heterocycles. The fourth-order valence-electron chi connectivity index (χ4n) is 3.55. The molecule has 0 spiro atoms. The summed E-state index contributed by atoms with van der Waals surface area (Å²) in [6, 6.07) is 13.1. The Bertz CT molecular complexity index is 946. The van der Waals surface area contributed by atoms with Crippen LogP contribution >= 0.6 is 0 Å². The molecule has 2 aromatic carbocycles. The normalized spacial score (nSPS) is 14.8. The Balaban J connectivity index is 1.76. The number of hydrogen-bond donors (Lipinski definition) is 1. The van der Waals surface area contributed by atoms with Gasteiger partial charge in [0.05, 0.1) is 18.5 Å². The van der Waals surface area contributed by atoms with Crippen LogP contribution in [0.3, 0.4) is 0 Å². The van der Waals surface area contributed by atoms with Gasteiger partial charge in [0, 0.05) is 11.6 Å². The van der Waals surface area contributed by atoms with Gasteiger partial charge in [0.25, 0.3) is 5.91 Å². The first-order valence-corrected chi connectivity index (χ1v) is 11.5. The molecule has 0 atom stereocenters. The van der Waals surface area contributed by atoms with E-state index in [2.05, 4.69) is 5.32 Å². The molecule has 0 radical (unpaired) electrons. The molecule has 1 aliphatic rings. The van der Waals surface area contributed by atoms with Crippen molar-refractivity contribution in [3.05, 3.63) is 64.7 Å². The summed E-state index contributed by atoms with van der Waals surface area (Å²) in [4.78, 5) is 12.4.